The summed E-state index contributed by atoms with van der Waals surface area (Å²) in [6.45, 7) is 4.31. The highest BCUT2D eigenvalue weighted by atomic mass is 35.5. The average molecular weight is 309 g/mol. The monoisotopic (exact) mass is 308 g/mol. The van der Waals surface area contributed by atoms with Crippen molar-refractivity contribution < 1.29 is 9.53 Å². The van der Waals surface area contributed by atoms with E-state index < -0.39 is 0 Å². The number of halogens is 2. The number of hydrogen-bond donors (Lipinski definition) is 0. The molecule has 0 N–H and O–H groups in total. The maximum absolute atomic E-state index is 12.4. The van der Waals surface area contributed by atoms with Crippen LogP contribution in [0, 0.1) is 6.92 Å². The van der Waals surface area contributed by atoms with Gasteiger partial charge >= 0.3 is 0 Å². The highest BCUT2D eigenvalue weighted by Crippen LogP contribution is 2.32. The van der Waals surface area contributed by atoms with Crippen molar-refractivity contribution in [1.29, 1.82) is 0 Å². The maximum atomic E-state index is 12.4. The zero-order valence-corrected chi connectivity index (χ0v) is 12.8. The van der Waals surface area contributed by atoms with E-state index in [0.717, 1.165) is 5.56 Å². The second-order valence-electron chi connectivity index (χ2n) is 4.39. The quantitative estimate of drug-likeness (QED) is 0.748. The van der Waals surface area contributed by atoms with Gasteiger partial charge in [-0.25, -0.2) is 0 Å². The van der Waals surface area contributed by atoms with Crippen LogP contribution in [-0.2, 0) is 0 Å². The van der Waals surface area contributed by atoms with E-state index in [9.17, 15) is 4.79 Å². The first-order valence-electron chi connectivity index (χ1n) is 6.26. The maximum Gasteiger partial charge on any atom is 0.194 e. The predicted octanol–water partition coefficient (Wildman–Crippen LogP) is 4.93. The zero-order valence-electron chi connectivity index (χ0n) is 11.2. The molecule has 0 aliphatic carbocycles. The van der Waals surface area contributed by atoms with Crippen molar-refractivity contribution in [1.82, 2.24) is 0 Å². The van der Waals surface area contributed by atoms with Crippen molar-refractivity contribution in [3.8, 4) is 5.75 Å². The van der Waals surface area contributed by atoms with Crippen LogP contribution >= 0.6 is 23.2 Å². The molecular formula is C16H14Cl2O2. The SMILES string of the molecule is CCOc1cc(Cl)c(C(=O)c2ccc(C)cc2)cc1Cl. The molecule has 4 heteroatoms. The lowest BCUT2D eigenvalue weighted by molar-refractivity contribution is 0.103. The molecule has 0 saturated heterocycles. The second-order valence-corrected chi connectivity index (χ2v) is 5.21. The van der Waals surface area contributed by atoms with Gasteiger partial charge in [-0.05, 0) is 19.9 Å². The van der Waals surface area contributed by atoms with E-state index in [1.807, 2.05) is 26.0 Å². The van der Waals surface area contributed by atoms with Gasteiger partial charge in [0.1, 0.15) is 5.75 Å². The molecule has 2 aromatic rings. The van der Waals surface area contributed by atoms with E-state index in [1.54, 1.807) is 24.3 Å². The largest absolute Gasteiger partial charge is 0.492 e. The Labute approximate surface area is 128 Å². The van der Waals surface area contributed by atoms with Gasteiger partial charge in [-0.3, -0.25) is 4.79 Å². The average Bonchev–Trinajstić information content (AvgIpc) is 2.43. The third-order valence-corrected chi connectivity index (χ3v) is 3.49. The van der Waals surface area contributed by atoms with E-state index in [4.69, 9.17) is 27.9 Å². The van der Waals surface area contributed by atoms with Crippen molar-refractivity contribution in [3.63, 3.8) is 0 Å². The smallest absolute Gasteiger partial charge is 0.194 e. The Morgan fingerprint density at radius 2 is 1.75 bits per heavy atom. The molecule has 2 aromatic carbocycles. The van der Waals surface area contributed by atoms with E-state index in [2.05, 4.69) is 0 Å². The van der Waals surface area contributed by atoms with Crippen molar-refractivity contribution in [3.05, 3.63) is 63.1 Å². The van der Waals surface area contributed by atoms with Crippen LogP contribution in [0.4, 0.5) is 0 Å². The van der Waals surface area contributed by atoms with Gasteiger partial charge in [0.15, 0.2) is 5.78 Å². The summed E-state index contributed by atoms with van der Waals surface area (Å²) in [5.74, 6) is 0.333. The fourth-order valence-corrected chi connectivity index (χ4v) is 2.29. The third kappa shape index (κ3) is 3.14. The molecule has 0 amide bonds. The van der Waals surface area contributed by atoms with Gasteiger partial charge in [0.25, 0.3) is 0 Å². The van der Waals surface area contributed by atoms with Crippen LogP contribution in [0.15, 0.2) is 36.4 Å². The zero-order chi connectivity index (χ0) is 14.7. The number of aryl methyl sites for hydroxylation is 1. The van der Waals surface area contributed by atoms with E-state index in [0.29, 0.717) is 33.5 Å². The van der Waals surface area contributed by atoms with E-state index in [-0.39, 0.29) is 5.78 Å². The van der Waals surface area contributed by atoms with Crippen LogP contribution in [0.25, 0.3) is 0 Å². The molecule has 0 fully saturated rings. The number of hydrogen-bond acceptors (Lipinski definition) is 2. The fourth-order valence-electron chi connectivity index (χ4n) is 1.83. The Morgan fingerprint density at radius 1 is 1.10 bits per heavy atom. The van der Waals surface area contributed by atoms with Crippen LogP contribution < -0.4 is 4.74 Å². The Morgan fingerprint density at radius 3 is 2.35 bits per heavy atom. The number of benzene rings is 2. The molecule has 0 spiro atoms. The number of ketones is 1. The first-order valence-corrected chi connectivity index (χ1v) is 7.01. The Kier molecular flexibility index (Phi) is 4.69. The summed E-state index contributed by atoms with van der Waals surface area (Å²) in [4.78, 5) is 12.4. The van der Waals surface area contributed by atoms with Gasteiger partial charge < -0.3 is 4.74 Å². The Bertz CT molecular complexity index is 634. The molecule has 0 heterocycles. The minimum atomic E-state index is -0.153. The van der Waals surface area contributed by atoms with E-state index in [1.165, 1.54) is 0 Å². The summed E-state index contributed by atoms with van der Waals surface area (Å²) < 4.78 is 5.35. The van der Waals surface area contributed by atoms with Crippen molar-refractivity contribution >= 4 is 29.0 Å². The first kappa shape index (κ1) is 14.9. The number of rotatable bonds is 4. The predicted molar refractivity (Wildman–Crippen MR) is 82.2 cm³/mol. The highest BCUT2D eigenvalue weighted by Gasteiger charge is 2.16. The van der Waals surface area contributed by atoms with Gasteiger partial charge in [-0.2, -0.15) is 0 Å². The van der Waals surface area contributed by atoms with Crippen molar-refractivity contribution in [2.24, 2.45) is 0 Å². The number of ether oxygens (including phenoxy) is 1. The second kappa shape index (κ2) is 6.29. The summed E-state index contributed by atoms with van der Waals surface area (Å²) in [5, 5.41) is 0.718. The lowest BCUT2D eigenvalue weighted by Crippen LogP contribution is -2.03. The molecule has 0 unspecified atom stereocenters. The molecule has 2 nitrogen and oxygen atoms in total. The molecular weight excluding hydrogens is 295 g/mol. The van der Waals surface area contributed by atoms with Crippen LogP contribution in [0.5, 0.6) is 5.75 Å². The third-order valence-electron chi connectivity index (χ3n) is 2.88. The van der Waals surface area contributed by atoms with Crippen molar-refractivity contribution in [2.75, 3.05) is 6.61 Å². The number of carbonyl (C=O) groups excluding carboxylic acids is 1. The molecule has 0 atom stereocenters. The van der Waals surface area contributed by atoms with E-state index >= 15 is 0 Å². The molecule has 0 saturated carbocycles. The molecule has 2 rings (SSSR count). The summed E-state index contributed by atoms with van der Waals surface area (Å²) in [5.41, 5.74) is 2.05. The molecule has 0 aromatic heterocycles. The van der Waals surface area contributed by atoms with Crippen LogP contribution in [0.2, 0.25) is 10.0 Å². The van der Waals surface area contributed by atoms with Gasteiger partial charge in [0.2, 0.25) is 0 Å². The van der Waals surface area contributed by atoms with Crippen LogP contribution in [0.1, 0.15) is 28.4 Å². The topological polar surface area (TPSA) is 26.3 Å². The summed E-state index contributed by atoms with van der Waals surface area (Å²) in [6.07, 6.45) is 0. The van der Waals surface area contributed by atoms with Crippen LogP contribution in [0.3, 0.4) is 0 Å². The Balaban J connectivity index is 2.40. The molecule has 20 heavy (non-hydrogen) atoms. The summed E-state index contributed by atoms with van der Waals surface area (Å²) >= 11 is 12.3. The van der Waals surface area contributed by atoms with Gasteiger partial charge in [0.05, 0.1) is 16.7 Å². The highest BCUT2D eigenvalue weighted by molar-refractivity contribution is 6.37. The lowest BCUT2D eigenvalue weighted by Gasteiger charge is -2.10. The van der Waals surface area contributed by atoms with Gasteiger partial charge in [-0.15, -0.1) is 0 Å². The fraction of sp³-hybridized carbons (Fsp3) is 0.188. The lowest BCUT2D eigenvalue weighted by atomic mass is 10.0. The minimum absolute atomic E-state index is 0.153. The molecule has 0 aliphatic rings. The summed E-state index contributed by atoms with van der Waals surface area (Å²) in [7, 11) is 0. The first-order chi connectivity index (χ1) is 9.52. The van der Waals surface area contributed by atoms with Crippen LogP contribution in [-0.4, -0.2) is 12.4 Å². The standard InChI is InChI=1S/C16H14Cl2O2/c1-3-20-15-9-13(17)12(8-14(15)18)16(19)11-6-4-10(2)5-7-11/h4-9H,3H2,1-2H3. The normalized spacial score (nSPS) is 10.4. The molecule has 104 valence electrons. The molecule has 0 bridgehead atoms. The molecule has 0 radical (unpaired) electrons. The minimum Gasteiger partial charge on any atom is -0.492 e. The molecule has 0 aliphatic heterocycles. The van der Waals surface area contributed by atoms with Gasteiger partial charge in [-0.1, -0.05) is 53.0 Å². The Hall–Kier alpha value is -1.51. The van der Waals surface area contributed by atoms with Crippen molar-refractivity contribution in [2.45, 2.75) is 13.8 Å². The number of carbonyl (C=O) groups is 1. The van der Waals surface area contributed by atoms with Gasteiger partial charge in [0, 0.05) is 17.2 Å². The summed E-state index contributed by atoms with van der Waals surface area (Å²) in [6, 6.07) is 10.5.